The Hall–Kier alpha value is -2.15. The monoisotopic (exact) mass is 431 g/mol. The number of aromatic nitrogens is 2. The lowest BCUT2D eigenvalue weighted by Gasteiger charge is -2.17. The smallest absolute Gasteiger partial charge is 0.321 e. The van der Waals surface area contributed by atoms with E-state index in [0.29, 0.717) is 19.5 Å². The number of aryl methyl sites for hydroxylation is 1. The van der Waals surface area contributed by atoms with Crippen molar-refractivity contribution in [3.05, 3.63) is 75.0 Å². The Morgan fingerprint density at radius 3 is 2.83 bits per heavy atom. The Morgan fingerprint density at radius 2 is 2.14 bits per heavy atom. The van der Waals surface area contributed by atoms with Crippen LogP contribution >= 0.6 is 22.9 Å². The number of nitrogens with zero attached hydrogens (tertiary/aromatic N) is 2. The number of hydrogen-bond acceptors (Lipinski definition) is 4. The average molecular weight is 432 g/mol. The Labute approximate surface area is 180 Å². The van der Waals surface area contributed by atoms with Gasteiger partial charge >= 0.3 is 5.97 Å². The highest BCUT2D eigenvalue weighted by molar-refractivity contribution is 7.09. The van der Waals surface area contributed by atoms with Crippen LogP contribution in [0.25, 0.3) is 0 Å². The van der Waals surface area contributed by atoms with Crippen LogP contribution in [0.1, 0.15) is 41.7 Å². The van der Waals surface area contributed by atoms with Crippen LogP contribution in [-0.4, -0.2) is 26.7 Å². The number of nitrogens with one attached hydrogen (secondary N) is 1. The minimum atomic E-state index is -0.846. The molecule has 1 aromatic carbocycles. The van der Waals surface area contributed by atoms with Crippen LogP contribution in [0.3, 0.4) is 0 Å². The first kappa shape index (κ1) is 21.6. The highest BCUT2D eigenvalue weighted by Crippen LogP contribution is 2.19. The van der Waals surface area contributed by atoms with Crippen molar-refractivity contribution >= 4 is 28.9 Å². The number of aliphatic carboxylic acids is 1. The molecule has 2 heterocycles. The molecule has 0 spiro atoms. The number of imidazole rings is 1. The zero-order valence-electron chi connectivity index (χ0n) is 16.5. The van der Waals surface area contributed by atoms with Crippen LogP contribution in [0, 0.1) is 0 Å². The zero-order valence-corrected chi connectivity index (χ0v) is 18.0. The highest BCUT2D eigenvalue weighted by Gasteiger charge is 2.19. The average Bonchev–Trinajstić information content (AvgIpc) is 3.35. The SMILES string of the molecule is CCCCc1ncc(CNC(Cc2cccs2)C(=O)O)n1Cc1ccccc1Cl. The number of unbranched alkanes of at least 4 members (excludes halogenated alkanes) is 1. The van der Waals surface area contributed by atoms with Gasteiger partial charge in [-0.05, 0) is 29.5 Å². The summed E-state index contributed by atoms with van der Waals surface area (Å²) in [7, 11) is 0. The number of halogens is 1. The lowest BCUT2D eigenvalue weighted by atomic mass is 10.1. The Bertz CT molecular complexity index is 924. The number of rotatable bonds is 11. The molecular weight excluding hydrogens is 406 g/mol. The van der Waals surface area contributed by atoms with E-state index in [9.17, 15) is 9.90 Å². The molecule has 5 nitrogen and oxygen atoms in total. The second-order valence-corrected chi connectivity index (χ2v) is 8.44. The number of carboxylic acids is 1. The largest absolute Gasteiger partial charge is 0.480 e. The molecule has 3 rings (SSSR count). The summed E-state index contributed by atoms with van der Waals surface area (Å²) in [5, 5.41) is 15.5. The van der Waals surface area contributed by atoms with Gasteiger partial charge in [-0.15, -0.1) is 11.3 Å². The minimum absolute atomic E-state index is 0.436. The van der Waals surface area contributed by atoms with E-state index in [0.717, 1.165) is 46.2 Å². The van der Waals surface area contributed by atoms with Crippen molar-refractivity contribution in [2.45, 2.75) is 51.7 Å². The van der Waals surface area contributed by atoms with Gasteiger partial charge in [-0.2, -0.15) is 0 Å². The van der Waals surface area contributed by atoms with Gasteiger partial charge in [0.2, 0.25) is 0 Å². The predicted octanol–water partition coefficient (Wildman–Crippen LogP) is 4.77. The molecule has 0 bridgehead atoms. The molecule has 0 saturated heterocycles. The van der Waals surface area contributed by atoms with Gasteiger partial charge in [0.1, 0.15) is 11.9 Å². The molecule has 1 atom stereocenters. The van der Waals surface area contributed by atoms with Crippen LogP contribution in [-0.2, 0) is 30.7 Å². The maximum Gasteiger partial charge on any atom is 0.321 e. The van der Waals surface area contributed by atoms with Crippen molar-refractivity contribution in [2.75, 3.05) is 0 Å². The number of benzene rings is 1. The van der Waals surface area contributed by atoms with Crippen molar-refractivity contribution in [3.63, 3.8) is 0 Å². The summed E-state index contributed by atoms with van der Waals surface area (Å²) in [5.74, 6) is 0.162. The molecule has 0 fully saturated rings. The van der Waals surface area contributed by atoms with Crippen LogP contribution in [0.4, 0.5) is 0 Å². The summed E-state index contributed by atoms with van der Waals surface area (Å²) in [4.78, 5) is 17.4. The van der Waals surface area contributed by atoms with E-state index in [4.69, 9.17) is 11.6 Å². The maximum atomic E-state index is 11.7. The molecule has 1 unspecified atom stereocenters. The van der Waals surface area contributed by atoms with Gasteiger partial charge in [0.15, 0.2) is 0 Å². The molecule has 7 heteroatoms. The fourth-order valence-electron chi connectivity index (χ4n) is 3.22. The van der Waals surface area contributed by atoms with Gasteiger partial charge in [0.25, 0.3) is 0 Å². The summed E-state index contributed by atoms with van der Waals surface area (Å²) >= 11 is 7.95. The number of carbonyl (C=O) groups is 1. The fourth-order valence-corrected chi connectivity index (χ4v) is 4.17. The van der Waals surface area contributed by atoms with Crippen molar-refractivity contribution in [2.24, 2.45) is 0 Å². The normalized spacial score (nSPS) is 12.2. The Morgan fingerprint density at radius 1 is 1.31 bits per heavy atom. The van der Waals surface area contributed by atoms with Crippen LogP contribution in [0.2, 0.25) is 5.02 Å². The van der Waals surface area contributed by atoms with Gasteiger partial charge in [-0.3, -0.25) is 10.1 Å². The Balaban J connectivity index is 1.77. The second kappa shape index (κ2) is 10.6. The molecule has 3 aromatic rings. The van der Waals surface area contributed by atoms with Gasteiger partial charge in [0.05, 0.1) is 12.2 Å². The van der Waals surface area contributed by atoms with E-state index in [1.807, 2.05) is 48.0 Å². The predicted molar refractivity (Wildman–Crippen MR) is 118 cm³/mol. The summed E-state index contributed by atoms with van der Waals surface area (Å²) in [6.45, 7) is 3.22. The zero-order chi connectivity index (χ0) is 20.6. The quantitative estimate of drug-likeness (QED) is 0.458. The van der Waals surface area contributed by atoms with Crippen molar-refractivity contribution in [1.29, 1.82) is 0 Å². The standard InChI is InChI=1S/C22H26ClN3O2S/c1-2-3-10-21-25-14-17(26(21)15-16-7-4-5-9-19(16)23)13-24-20(22(27)28)12-18-8-6-11-29-18/h4-9,11,14,20,24H,2-3,10,12-13,15H2,1H3,(H,27,28). The third-order valence-corrected chi connectivity index (χ3v) is 6.14. The summed E-state index contributed by atoms with van der Waals surface area (Å²) in [6.07, 6.45) is 5.35. The Kier molecular flexibility index (Phi) is 7.86. The molecule has 0 amide bonds. The number of carboxylic acid groups (broad SMARTS) is 1. The van der Waals surface area contributed by atoms with Gasteiger partial charge in [-0.1, -0.05) is 49.2 Å². The van der Waals surface area contributed by atoms with Gasteiger partial charge in [0, 0.05) is 35.5 Å². The molecule has 154 valence electrons. The van der Waals surface area contributed by atoms with Crippen LogP contribution < -0.4 is 5.32 Å². The van der Waals surface area contributed by atoms with Crippen molar-refractivity contribution in [3.8, 4) is 0 Å². The summed E-state index contributed by atoms with van der Waals surface area (Å²) < 4.78 is 2.16. The van der Waals surface area contributed by atoms with E-state index < -0.39 is 12.0 Å². The lowest BCUT2D eigenvalue weighted by molar-refractivity contribution is -0.139. The first-order valence-electron chi connectivity index (χ1n) is 9.83. The van der Waals surface area contributed by atoms with Gasteiger partial charge < -0.3 is 9.67 Å². The molecule has 0 aliphatic rings. The van der Waals surface area contributed by atoms with Crippen LogP contribution in [0.15, 0.2) is 48.0 Å². The second-order valence-electron chi connectivity index (χ2n) is 7.00. The molecule has 0 saturated carbocycles. The van der Waals surface area contributed by atoms with E-state index in [1.165, 1.54) is 0 Å². The van der Waals surface area contributed by atoms with Crippen LogP contribution in [0.5, 0.6) is 0 Å². The molecule has 2 N–H and O–H groups in total. The molecular formula is C22H26ClN3O2S. The molecule has 29 heavy (non-hydrogen) atoms. The third-order valence-electron chi connectivity index (χ3n) is 4.87. The first-order chi connectivity index (χ1) is 14.1. The fraction of sp³-hybridized carbons (Fsp3) is 0.364. The van der Waals surface area contributed by atoms with E-state index >= 15 is 0 Å². The number of hydrogen-bond donors (Lipinski definition) is 2. The van der Waals surface area contributed by atoms with Crippen molar-refractivity contribution < 1.29 is 9.90 Å². The number of thiophene rings is 1. The third kappa shape index (κ3) is 5.92. The summed E-state index contributed by atoms with van der Waals surface area (Å²) in [5.41, 5.74) is 1.99. The van der Waals surface area contributed by atoms with Crippen molar-refractivity contribution in [1.82, 2.24) is 14.9 Å². The first-order valence-corrected chi connectivity index (χ1v) is 11.1. The topological polar surface area (TPSA) is 67.2 Å². The maximum absolute atomic E-state index is 11.7. The van der Waals surface area contributed by atoms with E-state index in [2.05, 4.69) is 21.8 Å². The minimum Gasteiger partial charge on any atom is -0.480 e. The van der Waals surface area contributed by atoms with Gasteiger partial charge in [-0.25, -0.2) is 4.98 Å². The summed E-state index contributed by atoms with van der Waals surface area (Å²) in [6, 6.07) is 11.1. The van der Waals surface area contributed by atoms with E-state index in [1.54, 1.807) is 11.3 Å². The molecule has 2 aromatic heterocycles. The molecule has 0 radical (unpaired) electrons. The lowest BCUT2D eigenvalue weighted by Crippen LogP contribution is -2.38. The van der Waals surface area contributed by atoms with E-state index in [-0.39, 0.29) is 0 Å². The highest BCUT2D eigenvalue weighted by atomic mass is 35.5. The molecule has 0 aliphatic carbocycles. The molecule has 0 aliphatic heterocycles.